The Morgan fingerprint density at radius 1 is 1.03 bits per heavy atom. The number of furan rings is 1. The molecule has 0 aliphatic rings. The van der Waals surface area contributed by atoms with Crippen LogP contribution in [0.3, 0.4) is 0 Å². The fourth-order valence-corrected chi connectivity index (χ4v) is 3.74. The fraction of sp³-hybridized carbons (Fsp3) is 0.231. The molecule has 4 aromatic rings. The summed E-state index contributed by atoms with van der Waals surface area (Å²) in [6.45, 7) is 10.7. The molecule has 0 fully saturated rings. The summed E-state index contributed by atoms with van der Waals surface area (Å²) in [5, 5.41) is 5.03. The van der Waals surface area contributed by atoms with E-state index in [1.54, 1.807) is 12.3 Å². The van der Waals surface area contributed by atoms with Crippen LogP contribution in [0.5, 0.6) is 0 Å². The molecule has 2 heterocycles. The Kier molecular flexibility index (Phi) is 5.27. The van der Waals surface area contributed by atoms with E-state index in [1.165, 1.54) is 5.56 Å². The van der Waals surface area contributed by atoms with Gasteiger partial charge in [0.2, 0.25) is 0 Å². The summed E-state index contributed by atoms with van der Waals surface area (Å²) in [5.74, 6) is -0.137. The van der Waals surface area contributed by atoms with Gasteiger partial charge in [-0.25, -0.2) is 5.43 Å². The van der Waals surface area contributed by atoms with Gasteiger partial charge in [-0.05, 0) is 55.2 Å². The van der Waals surface area contributed by atoms with Crippen molar-refractivity contribution in [2.24, 2.45) is 5.10 Å². The van der Waals surface area contributed by atoms with Crippen molar-refractivity contribution in [3.05, 3.63) is 88.9 Å². The molecule has 2 aromatic carbocycles. The Hall–Kier alpha value is -3.60. The van der Waals surface area contributed by atoms with Gasteiger partial charge in [0.1, 0.15) is 5.58 Å². The molecule has 0 saturated carbocycles. The Labute approximate surface area is 182 Å². The molecular weight excluding hydrogens is 386 g/mol. The number of carbonyl (C=O) groups is 1. The first-order valence-corrected chi connectivity index (χ1v) is 10.4. The summed E-state index contributed by atoms with van der Waals surface area (Å²) in [6.07, 6.45) is 1.67. The normalized spacial score (nSPS) is 12.0. The fourth-order valence-electron chi connectivity index (χ4n) is 3.74. The van der Waals surface area contributed by atoms with Crippen LogP contribution in [0.4, 0.5) is 0 Å². The topological polar surface area (TPSA) is 59.5 Å². The second-order valence-electron chi connectivity index (χ2n) is 8.81. The Balaban J connectivity index is 1.51. The summed E-state index contributed by atoms with van der Waals surface area (Å²) < 4.78 is 7.77. The number of nitrogens with zero attached hydrogens (tertiary/aromatic N) is 2. The van der Waals surface area contributed by atoms with Gasteiger partial charge in [-0.1, -0.05) is 51.1 Å². The molecule has 0 aliphatic carbocycles. The van der Waals surface area contributed by atoms with Crippen molar-refractivity contribution in [3.8, 4) is 5.69 Å². The molecule has 0 spiro atoms. The van der Waals surface area contributed by atoms with Crippen molar-refractivity contribution < 1.29 is 9.21 Å². The van der Waals surface area contributed by atoms with Gasteiger partial charge in [0.05, 0.1) is 6.21 Å². The third kappa shape index (κ3) is 4.17. The number of benzene rings is 2. The number of amides is 1. The predicted octanol–water partition coefficient (Wildman–Crippen LogP) is 5.90. The van der Waals surface area contributed by atoms with E-state index in [1.807, 2.05) is 31.2 Å². The molecule has 31 heavy (non-hydrogen) atoms. The minimum Gasteiger partial charge on any atom is -0.451 e. The van der Waals surface area contributed by atoms with E-state index in [-0.39, 0.29) is 17.1 Å². The van der Waals surface area contributed by atoms with E-state index < -0.39 is 0 Å². The second-order valence-corrected chi connectivity index (χ2v) is 8.81. The number of hydrogen-bond donors (Lipinski definition) is 1. The van der Waals surface area contributed by atoms with Crippen LogP contribution in [0.25, 0.3) is 16.7 Å². The highest BCUT2D eigenvalue weighted by Crippen LogP contribution is 2.25. The van der Waals surface area contributed by atoms with Crippen molar-refractivity contribution in [2.45, 2.75) is 40.0 Å². The molecule has 2 aromatic heterocycles. The van der Waals surface area contributed by atoms with Crippen molar-refractivity contribution in [1.29, 1.82) is 0 Å². The third-order valence-electron chi connectivity index (χ3n) is 5.48. The maximum atomic E-state index is 12.4. The molecule has 158 valence electrons. The Bertz CT molecular complexity index is 1240. The van der Waals surface area contributed by atoms with Gasteiger partial charge < -0.3 is 8.98 Å². The van der Waals surface area contributed by atoms with E-state index in [0.29, 0.717) is 5.58 Å². The lowest BCUT2D eigenvalue weighted by molar-refractivity contribution is 0.0929. The highest BCUT2D eigenvalue weighted by Gasteiger charge is 2.15. The number of fused-ring (bicyclic) bond motifs is 1. The average Bonchev–Trinajstić information content (AvgIpc) is 3.28. The molecule has 1 N–H and O–H groups in total. The van der Waals surface area contributed by atoms with E-state index in [0.717, 1.165) is 28.0 Å². The van der Waals surface area contributed by atoms with Crippen LogP contribution < -0.4 is 5.43 Å². The first kappa shape index (κ1) is 20.7. The number of nitrogens with one attached hydrogen (secondary N) is 1. The van der Waals surface area contributed by atoms with Gasteiger partial charge in [0.25, 0.3) is 0 Å². The first-order chi connectivity index (χ1) is 14.7. The molecule has 5 nitrogen and oxygen atoms in total. The Morgan fingerprint density at radius 3 is 2.42 bits per heavy atom. The summed E-state index contributed by atoms with van der Waals surface area (Å²) in [5.41, 5.74) is 8.87. The quantitative estimate of drug-likeness (QED) is 0.334. The van der Waals surface area contributed by atoms with E-state index in [2.05, 4.69) is 73.1 Å². The minimum atomic E-state index is -0.376. The van der Waals surface area contributed by atoms with Crippen molar-refractivity contribution in [2.75, 3.05) is 0 Å². The molecule has 0 saturated heterocycles. The molecule has 1 amide bonds. The molecule has 4 rings (SSSR count). The van der Waals surface area contributed by atoms with Crippen LogP contribution in [0, 0.1) is 13.8 Å². The predicted molar refractivity (Wildman–Crippen MR) is 125 cm³/mol. The van der Waals surface area contributed by atoms with Gasteiger partial charge in [0, 0.05) is 28.0 Å². The standard InChI is InChI=1S/C26H27N3O2/c1-17-14-20(18(2)29(17)22-12-10-21(11-13-22)26(3,4)5)16-27-28-25(30)24-15-19-8-6-7-9-23(19)31-24/h6-16H,1-5H3,(H,28,30)/b27-16+. The Morgan fingerprint density at radius 2 is 1.74 bits per heavy atom. The molecule has 0 radical (unpaired) electrons. The summed E-state index contributed by atoms with van der Waals surface area (Å²) in [7, 11) is 0. The zero-order chi connectivity index (χ0) is 22.2. The van der Waals surface area contributed by atoms with Gasteiger partial charge in [-0.3, -0.25) is 4.79 Å². The van der Waals surface area contributed by atoms with Gasteiger partial charge in [0.15, 0.2) is 5.76 Å². The monoisotopic (exact) mass is 413 g/mol. The van der Waals surface area contributed by atoms with E-state index in [4.69, 9.17) is 4.42 Å². The highest BCUT2D eigenvalue weighted by atomic mass is 16.3. The van der Waals surface area contributed by atoms with Crippen molar-refractivity contribution >= 4 is 23.1 Å². The van der Waals surface area contributed by atoms with Gasteiger partial charge >= 0.3 is 5.91 Å². The molecule has 0 aliphatic heterocycles. The lowest BCUT2D eigenvalue weighted by atomic mass is 9.87. The lowest BCUT2D eigenvalue weighted by Crippen LogP contribution is -2.16. The van der Waals surface area contributed by atoms with Gasteiger partial charge in [-0.2, -0.15) is 5.10 Å². The van der Waals surface area contributed by atoms with E-state index in [9.17, 15) is 4.79 Å². The highest BCUT2D eigenvalue weighted by molar-refractivity contribution is 5.96. The van der Waals surface area contributed by atoms with Crippen LogP contribution in [0.15, 0.2) is 70.2 Å². The molecule has 5 heteroatoms. The maximum Gasteiger partial charge on any atom is 0.307 e. The molecule has 0 unspecified atom stereocenters. The van der Waals surface area contributed by atoms with E-state index >= 15 is 0 Å². The number of hydrazone groups is 1. The van der Waals surface area contributed by atoms with Crippen molar-refractivity contribution in [1.82, 2.24) is 9.99 Å². The number of rotatable bonds is 4. The number of carbonyl (C=O) groups excluding carboxylic acids is 1. The van der Waals surface area contributed by atoms with Crippen LogP contribution >= 0.6 is 0 Å². The van der Waals surface area contributed by atoms with Crippen molar-refractivity contribution in [3.63, 3.8) is 0 Å². The first-order valence-electron chi connectivity index (χ1n) is 10.4. The minimum absolute atomic E-state index is 0.120. The molecular formula is C26H27N3O2. The smallest absolute Gasteiger partial charge is 0.307 e. The number of hydrogen-bond acceptors (Lipinski definition) is 3. The lowest BCUT2D eigenvalue weighted by Gasteiger charge is -2.20. The second kappa shape index (κ2) is 7.91. The third-order valence-corrected chi connectivity index (χ3v) is 5.48. The van der Waals surface area contributed by atoms with Gasteiger partial charge in [-0.15, -0.1) is 0 Å². The summed E-state index contributed by atoms with van der Waals surface area (Å²) in [6, 6.07) is 19.9. The van der Waals surface area contributed by atoms with Crippen LogP contribution in [0.2, 0.25) is 0 Å². The van der Waals surface area contributed by atoms with Crippen LogP contribution in [-0.2, 0) is 5.41 Å². The van der Waals surface area contributed by atoms with Crippen LogP contribution in [-0.4, -0.2) is 16.7 Å². The molecule has 0 bridgehead atoms. The largest absolute Gasteiger partial charge is 0.451 e. The van der Waals surface area contributed by atoms with Crippen LogP contribution in [0.1, 0.15) is 53.8 Å². The zero-order valence-electron chi connectivity index (χ0n) is 18.6. The zero-order valence-corrected chi connectivity index (χ0v) is 18.6. The summed E-state index contributed by atoms with van der Waals surface area (Å²) in [4.78, 5) is 12.4. The summed E-state index contributed by atoms with van der Waals surface area (Å²) >= 11 is 0. The average molecular weight is 414 g/mol. The number of para-hydroxylation sites is 1. The SMILES string of the molecule is Cc1cc(/C=N/NC(=O)c2cc3ccccc3o2)c(C)n1-c1ccc(C(C)(C)C)cc1. The number of aryl methyl sites for hydroxylation is 1. The molecule has 0 atom stereocenters. The number of aromatic nitrogens is 1. The maximum absolute atomic E-state index is 12.4.